The highest BCUT2D eigenvalue weighted by Gasteiger charge is 2.22. The summed E-state index contributed by atoms with van der Waals surface area (Å²) >= 11 is 6.38. The van der Waals surface area contributed by atoms with E-state index in [2.05, 4.69) is 32.3 Å². The molecule has 0 saturated carbocycles. The van der Waals surface area contributed by atoms with E-state index in [1.165, 1.54) is 0 Å². The molecule has 8 nitrogen and oxygen atoms in total. The largest absolute Gasteiger partial charge is 0.508 e. The molecule has 1 aliphatic rings. The van der Waals surface area contributed by atoms with Crippen LogP contribution in [0.25, 0.3) is 22.0 Å². The molecule has 0 atom stereocenters. The Bertz CT molecular complexity index is 1690. The van der Waals surface area contributed by atoms with Gasteiger partial charge in [0.2, 0.25) is 5.95 Å². The van der Waals surface area contributed by atoms with Crippen molar-refractivity contribution in [3.8, 4) is 16.9 Å². The molecule has 1 saturated heterocycles. The van der Waals surface area contributed by atoms with Crippen LogP contribution in [0.15, 0.2) is 85.3 Å². The van der Waals surface area contributed by atoms with Crippen LogP contribution in [0.3, 0.4) is 0 Å². The lowest BCUT2D eigenvalue weighted by molar-refractivity contribution is 0.0746. The van der Waals surface area contributed by atoms with Crippen molar-refractivity contribution in [2.24, 2.45) is 0 Å². The summed E-state index contributed by atoms with van der Waals surface area (Å²) < 4.78 is 0. The zero-order chi connectivity index (χ0) is 27.6. The number of hydrogen-bond acceptors (Lipinski definition) is 7. The molecule has 40 heavy (non-hydrogen) atoms. The number of aryl methyl sites for hydroxylation is 1. The number of benzene rings is 3. The molecule has 5 aromatic rings. The molecule has 1 amide bonds. The Morgan fingerprint density at radius 3 is 2.52 bits per heavy atom. The van der Waals surface area contributed by atoms with Crippen LogP contribution in [-0.4, -0.2) is 57.0 Å². The lowest BCUT2D eigenvalue weighted by atomic mass is 10.0. The summed E-state index contributed by atoms with van der Waals surface area (Å²) in [5, 5.41) is 14.7. The molecule has 9 heteroatoms. The molecule has 3 heterocycles. The minimum atomic E-state index is 0.0253. The number of nitrogens with one attached hydrogen (secondary N) is 1. The van der Waals surface area contributed by atoms with Gasteiger partial charge in [-0.25, -0.2) is 9.97 Å². The number of aromatic hydroxyl groups is 1. The van der Waals surface area contributed by atoms with Crippen LogP contribution in [0, 0.1) is 6.92 Å². The maximum atomic E-state index is 12.7. The molecule has 6 rings (SSSR count). The number of aromatic nitrogens is 3. The summed E-state index contributed by atoms with van der Waals surface area (Å²) in [7, 11) is 0. The number of pyridine rings is 1. The molecule has 0 bridgehead atoms. The summed E-state index contributed by atoms with van der Waals surface area (Å²) in [4.78, 5) is 30.2. The van der Waals surface area contributed by atoms with Crippen molar-refractivity contribution in [2.75, 3.05) is 36.4 Å². The third-order valence-corrected chi connectivity index (χ3v) is 7.43. The average Bonchev–Trinajstić information content (AvgIpc) is 2.99. The number of rotatable bonds is 5. The van der Waals surface area contributed by atoms with Gasteiger partial charge in [-0.05, 0) is 84.8 Å². The molecule has 2 N–H and O–H groups in total. The summed E-state index contributed by atoms with van der Waals surface area (Å²) in [6.07, 6.45) is 5.08. The molecule has 0 unspecified atom stereocenters. The highest BCUT2D eigenvalue weighted by molar-refractivity contribution is 6.33. The second-order valence-electron chi connectivity index (χ2n) is 9.78. The van der Waals surface area contributed by atoms with E-state index in [9.17, 15) is 9.90 Å². The first kappa shape index (κ1) is 25.6. The van der Waals surface area contributed by atoms with Crippen LogP contribution in [0.2, 0.25) is 5.02 Å². The smallest absolute Gasteiger partial charge is 0.255 e. The fourth-order valence-electron chi connectivity index (χ4n) is 5.00. The van der Waals surface area contributed by atoms with Crippen molar-refractivity contribution in [2.45, 2.75) is 6.92 Å². The molecule has 3 aromatic carbocycles. The summed E-state index contributed by atoms with van der Waals surface area (Å²) in [5.41, 5.74) is 6.09. The van der Waals surface area contributed by atoms with Crippen LogP contribution >= 0.6 is 11.6 Å². The van der Waals surface area contributed by atoms with Gasteiger partial charge in [0.15, 0.2) is 0 Å². The van der Waals surface area contributed by atoms with Crippen molar-refractivity contribution < 1.29 is 9.90 Å². The first-order chi connectivity index (χ1) is 19.4. The molecule has 0 spiro atoms. The molecule has 0 aliphatic carbocycles. The maximum Gasteiger partial charge on any atom is 0.255 e. The zero-order valence-electron chi connectivity index (χ0n) is 21.9. The predicted octanol–water partition coefficient (Wildman–Crippen LogP) is 6.07. The SMILES string of the molecule is Cc1cc(-c2cc(O)ccc2Cl)cc2cnc(Nc3ccc(N4CCN(C(=O)c5cccnc5)CC4)cc3)nc12. The summed E-state index contributed by atoms with van der Waals surface area (Å²) in [5.74, 6) is 0.698. The van der Waals surface area contributed by atoms with E-state index >= 15 is 0 Å². The lowest BCUT2D eigenvalue weighted by Crippen LogP contribution is -2.48. The van der Waals surface area contributed by atoms with Crippen LogP contribution < -0.4 is 10.2 Å². The number of hydrogen-bond donors (Lipinski definition) is 2. The van der Waals surface area contributed by atoms with Gasteiger partial charge < -0.3 is 20.2 Å². The van der Waals surface area contributed by atoms with Crippen LogP contribution in [0.4, 0.5) is 17.3 Å². The molecule has 0 radical (unpaired) electrons. The van der Waals surface area contributed by atoms with Crippen molar-refractivity contribution in [1.82, 2.24) is 19.9 Å². The molecule has 1 fully saturated rings. The van der Waals surface area contributed by atoms with Gasteiger partial charge >= 0.3 is 0 Å². The minimum Gasteiger partial charge on any atom is -0.508 e. The van der Waals surface area contributed by atoms with Crippen molar-refractivity contribution >= 4 is 45.7 Å². The zero-order valence-corrected chi connectivity index (χ0v) is 22.6. The number of nitrogens with zero attached hydrogens (tertiary/aromatic N) is 5. The van der Waals surface area contributed by atoms with E-state index < -0.39 is 0 Å². The first-order valence-corrected chi connectivity index (χ1v) is 13.4. The molecule has 200 valence electrons. The second kappa shape index (κ2) is 10.8. The van der Waals surface area contributed by atoms with Crippen molar-refractivity contribution in [3.63, 3.8) is 0 Å². The van der Waals surface area contributed by atoms with Gasteiger partial charge in [0.05, 0.1) is 11.1 Å². The predicted molar refractivity (Wildman–Crippen MR) is 158 cm³/mol. The van der Waals surface area contributed by atoms with Crippen LogP contribution in [0.1, 0.15) is 15.9 Å². The first-order valence-electron chi connectivity index (χ1n) is 13.0. The fraction of sp³-hybridized carbons (Fsp3) is 0.161. The molecular weight excluding hydrogens is 524 g/mol. The van der Waals surface area contributed by atoms with Gasteiger partial charge in [0, 0.05) is 72.1 Å². The minimum absolute atomic E-state index is 0.0253. The Hall–Kier alpha value is -4.69. The van der Waals surface area contributed by atoms with Crippen molar-refractivity contribution in [3.05, 3.63) is 101 Å². The van der Waals surface area contributed by atoms with Gasteiger partial charge in [0.25, 0.3) is 5.91 Å². The maximum absolute atomic E-state index is 12.7. The monoisotopic (exact) mass is 550 g/mol. The number of carbonyl (C=O) groups is 1. The number of fused-ring (bicyclic) bond motifs is 1. The number of phenols is 1. The Morgan fingerprint density at radius 1 is 0.975 bits per heavy atom. The highest BCUT2D eigenvalue weighted by Crippen LogP contribution is 2.34. The van der Waals surface area contributed by atoms with Gasteiger partial charge in [-0.15, -0.1) is 0 Å². The summed E-state index contributed by atoms with van der Waals surface area (Å²) in [6.45, 7) is 4.86. The second-order valence-corrected chi connectivity index (χ2v) is 10.2. The molecule has 1 aliphatic heterocycles. The third-order valence-electron chi connectivity index (χ3n) is 7.10. The molecular formula is C31H27ClN6O2. The number of anilines is 3. The third kappa shape index (κ3) is 5.26. The fourth-order valence-corrected chi connectivity index (χ4v) is 5.22. The topological polar surface area (TPSA) is 94.5 Å². The number of halogens is 1. The number of carbonyl (C=O) groups excluding carboxylic acids is 1. The van der Waals surface area contributed by atoms with Crippen LogP contribution in [0.5, 0.6) is 5.75 Å². The number of amides is 1. The normalized spacial score (nSPS) is 13.4. The number of phenolic OH excluding ortho intramolecular Hbond substituents is 1. The van der Waals surface area contributed by atoms with Gasteiger partial charge in [-0.1, -0.05) is 11.6 Å². The van der Waals surface area contributed by atoms with Gasteiger partial charge in [-0.2, -0.15) is 0 Å². The van der Waals surface area contributed by atoms with Gasteiger partial charge in [-0.3, -0.25) is 9.78 Å². The van der Waals surface area contributed by atoms with Crippen LogP contribution in [-0.2, 0) is 0 Å². The van der Waals surface area contributed by atoms with Gasteiger partial charge in [0.1, 0.15) is 5.75 Å². The van der Waals surface area contributed by atoms with Crippen molar-refractivity contribution in [1.29, 1.82) is 0 Å². The van der Waals surface area contributed by atoms with E-state index in [0.717, 1.165) is 52.1 Å². The van der Waals surface area contributed by atoms with E-state index in [0.29, 0.717) is 29.6 Å². The standard InChI is InChI=1S/C31H27ClN6O2/c1-20-15-22(27-17-26(39)8-9-28(27)32)16-23-19-34-31(36-29(20)23)35-24-4-6-25(7-5-24)37-11-13-38(14-12-37)30(40)21-3-2-10-33-18-21/h2-10,15-19,39H,11-14H2,1H3,(H,34,35,36). The molecule has 2 aromatic heterocycles. The van der Waals surface area contributed by atoms with E-state index in [-0.39, 0.29) is 11.7 Å². The quantitative estimate of drug-likeness (QED) is 0.274. The lowest BCUT2D eigenvalue weighted by Gasteiger charge is -2.36. The Balaban J connectivity index is 1.12. The summed E-state index contributed by atoms with van der Waals surface area (Å²) in [6, 6.07) is 20.7. The highest BCUT2D eigenvalue weighted by atomic mass is 35.5. The Kier molecular flexibility index (Phi) is 6.92. The average molecular weight is 551 g/mol. The van der Waals surface area contributed by atoms with E-state index in [1.54, 1.807) is 48.9 Å². The van der Waals surface area contributed by atoms with E-state index in [1.807, 2.05) is 36.1 Å². The Labute approximate surface area is 236 Å². The number of piperazine rings is 1. The van der Waals surface area contributed by atoms with E-state index in [4.69, 9.17) is 16.6 Å². The Morgan fingerprint density at radius 2 is 1.77 bits per heavy atom.